The molecule has 0 bridgehead atoms. The molecule has 0 aliphatic heterocycles. The normalized spacial score (nSPS) is 14.1. The summed E-state index contributed by atoms with van der Waals surface area (Å²) in [5.74, 6) is 1.16. The van der Waals surface area contributed by atoms with Crippen LogP contribution in [0.25, 0.3) is 0 Å². The molecule has 0 spiro atoms. The van der Waals surface area contributed by atoms with Gasteiger partial charge in [0.2, 0.25) is 0 Å². The van der Waals surface area contributed by atoms with Crippen LogP contribution < -0.4 is 9.46 Å². The monoisotopic (exact) mass is 360 g/mol. The number of ether oxygens (including phenoxy) is 1. The van der Waals surface area contributed by atoms with Crippen LogP contribution in [-0.2, 0) is 24.4 Å². The van der Waals surface area contributed by atoms with Crippen LogP contribution >= 0.6 is 0 Å². The van der Waals surface area contributed by atoms with Crippen molar-refractivity contribution in [3.05, 3.63) is 59.9 Å². The second-order valence-corrected chi connectivity index (χ2v) is 9.35. The van der Waals surface area contributed by atoms with E-state index in [-0.39, 0.29) is 4.75 Å². The summed E-state index contributed by atoms with van der Waals surface area (Å²) in [5, 5.41) is 0. The lowest BCUT2D eigenvalue weighted by Gasteiger charge is -2.24. The minimum absolute atomic E-state index is 0.247. The van der Waals surface area contributed by atoms with Gasteiger partial charge >= 0.3 is 0 Å². The van der Waals surface area contributed by atoms with E-state index < -0.39 is 11.4 Å². The third-order valence-corrected chi connectivity index (χ3v) is 5.25. The first-order chi connectivity index (χ1) is 11.8. The van der Waals surface area contributed by atoms with Gasteiger partial charge < -0.3 is 9.29 Å². The summed E-state index contributed by atoms with van der Waals surface area (Å²) >= 11 is -1.04. The first-order valence-corrected chi connectivity index (χ1v) is 9.76. The highest BCUT2D eigenvalue weighted by molar-refractivity contribution is 7.90. The number of benzene rings is 1. The van der Waals surface area contributed by atoms with Gasteiger partial charge in [0.15, 0.2) is 0 Å². The fourth-order valence-electron chi connectivity index (χ4n) is 2.26. The Morgan fingerprint density at radius 1 is 1.20 bits per heavy atom. The third kappa shape index (κ3) is 7.06. The number of rotatable bonds is 8. The molecule has 2 atom stereocenters. The molecule has 0 fully saturated rings. The molecule has 4 nitrogen and oxygen atoms in total. The maximum atomic E-state index is 12.1. The minimum Gasteiger partial charge on any atom is -0.598 e. The molecule has 0 aliphatic rings. The maximum Gasteiger partial charge on any atom is 0.136 e. The molecule has 0 unspecified atom stereocenters. The lowest BCUT2D eigenvalue weighted by atomic mass is 10.1. The molecular weight excluding hydrogens is 332 g/mol. The average molecular weight is 361 g/mol. The molecule has 0 aliphatic carbocycles. The maximum absolute atomic E-state index is 12.1. The highest BCUT2D eigenvalue weighted by Crippen LogP contribution is 2.17. The van der Waals surface area contributed by atoms with Gasteiger partial charge in [-0.05, 0) is 44.7 Å². The zero-order chi connectivity index (χ0) is 18.3. The highest BCUT2D eigenvalue weighted by atomic mass is 32.2. The van der Waals surface area contributed by atoms with Crippen LogP contribution in [-0.4, -0.2) is 20.8 Å². The van der Waals surface area contributed by atoms with Gasteiger partial charge in [0.25, 0.3) is 0 Å². The summed E-state index contributed by atoms with van der Waals surface area (Å²) in [6, 6.07) is 14.0. The van der Waals surface area contributed by atoms with Crippen LogP contribution in [0.3, 0.4) is 0 Å². The van der Waals surface area contributed by atoms with Gasteiger partial charge in [0, 0.05) is 35.9 Å². The van der Waals surface area contributed by atoms with E-state index in [0.29, 0.717) is 19.1 Å². The molecule has 136 valence electrons. The van der Waals surface area contributed by atoms with Crippen molar-refractivity contribution in [1.82, 2.24) is 9.71 Å². The smallest absolute Gasteiger partial charge is 0.136 e. The van der Waals surface area contributed by atoms with E-state index >= 15 is 0 Å². The van der Waals surface area contributed by atoms with Crippen LogP contribution in [0.5, 0.6) is 5.75 Å². The van der Waals surface area contributed by atoms with Crippen LogP contribution in [0.2, 0.25) is 0 Å². The fourth-order valence-corrected chi connectivity index (χ4v) is 3.13. The number of hydrogen-bond acceptors (Lipinski definition) is 4. The Labute approximate surface area is 154 Å². The Morgan fingerprint density at radius 2 is 1.92 bits per heavy atom. The van der Waals surface area contributed by atoms with Crippen molar-refractivity contribution >= 4 is 11.4 Å². The predicted molar refractivity (Wildman–Crippen MR) is 104 cm³/mol. The Morgan fingerprint density at radius 3 is 2.60 bits per heavy atom. The first kappa shape index (κ1) is 19.8. The summed E-state index contributed by atoms with van der Waals surface area (Å²) in [6.45, 7) is 9.28. The van der Waals surface area contributed by atoms with Gasteiger partial charge in [0.05, 0.1) is 0 Å². The molecule has 1 N–H and O–H groups in total. The lowest BCUT2D eigenvalue weighted by Crippen LogP contribution is -2.41. The average Bonchev–Trinajstić information content (AvgIpc) is 2.58. The molecule has 2 aromatic rings. The van der Waals surface area contributed by atoms with Crippen molar-refractivity contribution in [2.75, 3.05) is 6.54 Å². The van der Waals surface area contributed by atoms with E-state index in [4.69, 9.17) is 4.74 Å². The van der Waals surface area contributed by atoms with Crippen LogP contribution in [0.1, 0.15) is 39.0 Å². The molecule has 0 saturated heterocycles. The molecule has 1 aromatic carbocycles. The van der Waals surface area contributed by atoms with Crippen molar-refractivity contribution < 1.29 is 9.29 Å². The molecule has 0 amide bonds. The van der Waals surface area contributed by atoms with Gasteiger partial charge in [0.1, 0.15) is 17.1 Å². The molecule has 1 aromatic heterocycles. The van der Waals surface area contributed by atoms with E-state index in [1.54, 1.807) is 6.20 Å². The summed E-state index contributed by atoms with van der Waals surface area (Å²) in [5.41, 5.74) is 2.13. The molecule has 25 heavy (non-hydrogen) atoms. The summed E-state index contributed by atoms with van der Waals surface area (Å²) < 4.78 is 20.8. The zero-order valence-electron chi connectivity index (χ0n) is 15.5. The second kappa shape index (κ2) is 9.22. The van der Waals surface area contributed by atoms with Crippen LogP contribution in [0.4, 0.5) is 0 Å². The number of aromatic nitrogens is 1. The van der Waals surface area contributed by atoms with Crippen molar-refractivity contribution in [1.29, 1.82) is 0 Å². The molecule has 5 heteroatoms. The summed E-state index contributed by atoms with van der Waals surface area (Å²) in [6.07, 6.45) is 2.60. The van der Waals surface area contributed by atoms with E-state index in [0.717, 1.165) is 23.4 Å². The summed E-state index contributed by atoms with van der Waals surface area (Å²) in [4.78, 5) is 4.43. The molecule has 0 saturated carbocycles. The minimum atomic E-state index is -1.04. The Kier molecular flexibility index (Phi) is 7.29. The van der Waals surface area contributed by atoms with Crippen LogP contribution in [0, 0.1) is 5.92 Å². The molecule has 2 rings (SSSR count). The van der Waals surface area contributed by atoms with E-state index in [9.17, 15) is 4.55 Å². The van der Waals surface area contributed by atoms with E-state index in [2.05, 4.69) is 16.6 Å². The fraction of sp³-hybridized carbons (Fsp3) is 0.450. The van der Waals surface area contributed by atoms with Gasteiger partial charge in [-0.3, -0.25) is 4.98 Å². The number of hydrogen-bond donors (Lipinski definition) is 1. The van der Waals surface area contributed by atoms with Crippen molar-refractivity contribution in [2.24, 2.45) is 5.92 Å². The van der Waals surface area contributed by atoms with E-state index in [1.165, 1.54) is 0 Å². The molecular formula is C20H28N2O2S. The number of nitrogens with zero attached hydrogens (tertiary/aromatic N) is 1. The zero-order valence-corrected chi connectivity index (χ0v) is 16.3. The van der Waals surface area contributed by atoms with Gasteiger partial charge in [-0.1, -0.05) is 37.3 Å². The first-order valence-electron chi connectivity index (χ1n) is 8.61. The van der Waals surface area contributed by atoms with Crippen molar-refractivity contribution in [2.45, 2.75) is 45.5 Å². The Hall–Kier alpha value is -1.56. The van der Waals surface area contributed by atoms with Gasteiger partial charge in [-0.25, -0.2) is 0 Å². The quantitative estimate of drug-likeness (QED) is 0.726. The largest absolute Gasteiger partial charge is 0.598 e. The van der Waals surface area contributed by atoms with Crippen LogP contribution in [0.15, 0.2) is 48.7 Å². The molecule has 0 radical (unpaired) electrons. The van der Waals surface area contributed by atoms with Crippen molar-refractivity contribution in [3.63, 3.8) is 0 Å². The van der Waals surface area contributed by atoms with E-state index in [1.807, 2.05) is 63.2 Å². The Bertz CT molecular complexity index is 644. The second-order valence-electron chi connectivity index (χ2n) is 7.30. The van der Waals surface area contributed by atoms with Gasteiger partial charge in [-0.2, -0.15) is 0 Å². The molecule has 1 heterocycles. The lowest BCUT2D eigenvalue weighted by molar-refractivity contribution is 0.305. The Balaban J connectivity index is 1.84. The standard InChI is InChI=1S/C20H28N2O2S/c1-16(14-22-25(23)20(2,3)4)12-18-13-19(10-11-21-18)24-15-17-8-6-5-7-9-17/h5-11,13,16,22H,12,14-15H2,1-4H3/t16-,25-/m0/s1. The number of pyridine rings is 1. The topological polar surface area (TPSA) is 57.2 Å². The van der Waals surface area contributed by atoms with Gasteiger partial charge in [-0.15, -0.1) is 4.72 Å². The third-order valence-electron chi connectivity index (χ3n) is 3.71. The van der Waals surface area contributed by atoms with Crippen molar-refractivity contribution in [3.8, 4) is 5.75 Å². The highest BCUT2D eigenvalue weighted by Gasteiger charge is 2.26. The summed E-state index contributed by atoms with van der Waals surface area (Å²) in [7, 11) is 0. The SMILES string of the molecule is C[C@H](CN[S@@+]([O-])C(C)(C)C)Cc1cc(OCc2ccccc2)ccn1. The predicted octanol–water partition coefficient (Wildman–Crippen LogP) is 3.89. The number of nitrogens with one attached hydrogen (secondary N) is 1.